The summed E-state index contributed by atoms with van der Waals surface area (Å²) < 4.78 is 1.75. The maximum absolute atomic E-state index is 13.2. The second-order valence-corrected chi connectivity index (χ2v) is 7.68. The molecule has 3 rings (SSSR count). The fourth-order valence-electron chi connectivity index (χ4n) is 3.44. The lowest BCUT2D eigenvalue weighted by Gasteiger charge is -2.43. The highest BCUT2D eigenvalue weighted by molar-refractivity contribution is 6.03. The molecule has 2 aromatic heterocycles. The van der Waals surface area contributed by atoms with Crippen LogP contribution in [-0.4, -0.2) is 48.5 Å². The molecule has 28 heavy (non-hydrogen) atoms. The molecule has 0 aromatic carbocycles. The molecule has 0 unspecified atom stereocenters. The highest BCUT2D eigenvalue weighted by Gasteiger charge is 2.44. The minimum absolute atomic E-state index is 0.193. The fraction of sp³-hybridized carbons (Fsp3) is 0.550. The third kappa shape index (κ3) is 3.90. The molecule has 0 radical (unpaired) electrons. The zero-order chi connectivity index (χ0) is 20.3. The summed E-state index contributed by atoms with van der Waals surface area (Å²) in [7, 11) is 0. The highest BCUT2D eigenvalue weighted by atomic mass is 16.2. The lowest BCUT2D eigenvalue weighted by atomic mass is 9.87. The monoisotopic (exact) mass is 384 g/mol. The van der Waals surface area contributed by atoms with Crippen molar-refractivity contribution in [3.63, 3.8) is 0 Å². The molecule has 2 amide bonds. The van der Waals surface area contributed by atoms with Crippen molar-refractivity contribution >= 4 is 17.6 Å². The van der Waals surface area contributed by atoms with Crippen LogP contribution in [0.5, 0.6) is 0 Å². The molecule has 0 spiro atoms. The summed E-state index contributed by atoms with van der Waals surface area (Å²) in [5.74, 6) is 0.948. The van der Waals surface area contributed by atoms with Crippen LogP contribution in [0.1, 0.15) is 69.1 Å². The molecule has 8 nitrogen and oxygen atoms in total. The van der Waals surface area contributed by atoms with E-state index in [4.69, 9.17) is 0 Å². The molecule has 2 aromatic rings. The van der Waals surface area contributed by atoms with Crippen LogP contribution in [0.25, 0.3) is 0 Å². The van der Waals surface area contributed by atoms with E-state index in [1.165, 1.54) is 0 Å². The number of nitrogens with zero attached hydrogens (tertiary/aromatic N) is 5. The average Bonchev–Trinajstić information content (AvgIpc) is 3.15. The Kier molecular flexibility index (Phi) is 5.76. The van der Waals surface area contributed by atoms with Crippen molar-refractivity contribution in [2.45, 2.75) is 65.0 Å². The number of carbonyl (C=O) groups excluding carboxylic acids is 2. The average molecular weight is 384 g/mol. The van der Waals surface area contributed by atoms with Gasteiger partial charge in [0.15, 0.2) is 5.82 Å². The maximum atomic E-state index is 13.2. The summed E-state index contributed by atoms with van der Waals surface area (Å²) >= 11 is 0. The number of anilines is 1. The molecule has 1 saturated heterocycles. The van der Waals surface area contributed by atoms with Crippen molar-refractivity contribution in [1.29, 1.82) is 0 Å². The standard InChI is InChI=1S/C20H28N6O2/c1-5-25-11-8-16(24-25)23-19(28)20(4)9-6-7-10-26(20)18(27)15-12-21-17(14(2)3)22-13-15/h8,11-14H,5-7,9-10H2,1-4H3,(H,23,24,28)/t20-/m1/s1. The summed E-state index contributed by atoms with van der Waals surface area (Å²) in [5.41, 5.74) is -0.539. The van der Waals surface area contributed by atoms with E-state index in [0.717, 1.165) is 19.4 Å². The minimum atomic E-state index is -0.942. The number of amides is 2. The van der Waals surface area contributed by atoms with Gasteiger partial charge in [0, 0.05) is 43.7 Å². The van der Waals surface area contributed by atoms with Gasteiger partial charge >= 0.3 is 0 Å². The van der Waals surface area contributed by atoms with Crippen molar-refractivity contribution in [3.05, 3.63) is 36.0 Å². The molecule has 1 aliphatic rings. The van der Waals surface area contributed by atoms with Gasteiger partial charge in [-0.3, -0.25) is 14.3 Å². The molecule has 0 saturated carbocycles. The first kappa shape index (κ1) is 20.0. The number of hydrogen-bond donors (Lipinski definition) is 1. The molecule has 0 bridgehead atoms. The number of nitrogens with one attached hydrogen (secondary N) is 1. The highest BCUT2D eigenvalue weighted by Crippen LogP contribution is 2.30. The Balaban J connectivity index is 1.81. The lowest BCUT2D eigenvalue weighted by Crippen LogP contribution is -2.59. The Morgan fingerprint density at radius 1 is 1.25 bits per heavy atom. The van der Waals surface area contributed by atoms with E-state index in [1.807, 2.05) is 33.9 Å². The number of carbonyl (C=O) groups is 2. The largest absolute Gasteiger partial charge is 0.324 e. The van der Waals surface area contributed by atoms with Gasteiger partial charge in [0.1, 0.15) is 11.4 Å². The van der Waals surface area contributed by atoms with Crippen LogP contribution in [0, 0.1) is 0 Å². The van der Waals surface area contributed by atoms with E-state index in [-0.39, 0.29) is 17.7 Å². The van der Waals surface area contributed by atoms with Crippen LogP contribution in [0.2, 0.25) is 0 Å². The molecule has 150 valence electrons. The van der Waals surface area contributed by atoms with Crippen molar-refractivity contribution in [3.8, 4) is 0 Å². The first-order valence-electron chi connectivity index (χ1n) is 9.84. The zero-order valence-electron chi connectivity index (χ0n) is 17.0. The van der Waals surface area contributed by atoms with Gasteiger partial charge in [-0.25, -0.2) is 9.97 Å². The predicted octanol–water partition coefficient (Wildman–Crippen LogP) is 2.84. The molecule has 3 heterocycles. The van der Waals surface area contributed by atoms with Crippen molar-refractivity contribution in [2.75, 3.05) is 11.9 Å². The van der Waals surface area contributed by atoms with Crippen LogP contribution in [0.4, 0.5) is 5.82 Å². The number of hydrogen-bond acceptors (Lipinski definition) is 5. The van der Waals surface area contributed by atoms with Crippen molar-refractivity contribution in [1.82, 2.24) is 24.6 Å². The number of piperidine rings is 1. The normalized spacial score (nSPS) is 19.7. The number of likely N-dealkylation sites (tertiary alicyclic amines) is 1. The topological polar surface area (TPSA) is 93.0 Å². The Bertz CT molecular complexity index is 845. The summed E-state index contributed by atoms with van der Waals surface area (Å²) in [4.78, 5) is 36.5. The minimum Gasteiger partial charge on any atom is -0.324 e. The van der Waals surface area contributed by atoms with Crippen LogP contribution in [-0.2, 0) is 11.3 Å². The smallest absolute Gasteiger partial charge is 0.257 e. The first-order chi connectivity index (χ1) is 13.3. The van der Waals surface area contributed by atoms with Crippen LogP contribution >= 0.6 is 0 Å². The van der Waals surface area contributed by atoms with Gasteiger partial charge in [0.25, 0.3) is 11.8 Å². The van der Waals surface area contributed by atoms with E-state index in [9.17, 15) is 9.59 Å². The Morgan fingerprint density at radius 3 is 2.57 bits per heavy atom. The van der Waals surface area contributed by atoms with E-state index in [1.54, 1.807) is 28.0 Å². The fourth-order valence-corrected chi connectivity index (χ4v) is 3.44. The van der Waals surface area contributed by atoms with E-state index in [0.29, 0.717) is 30.2 Å². The van der Waals surface area contributed by atoms with Gasteiger partial charge in [0.2, 0.25) is 0 Å². The maximum Gasteiger partial charge on any atom is 0.257 e. The zero-order valence-corrected chi connectivity index (χ0v) is 17.0. The molecular weight excluding hydrogens is 356 g/mol. The number of rotatable bonds is 5. The van der Waals surface area contributed by atoms with Gasteiger partial charge in [-0.1, -0.05) is 13.8 Å². The summed E-state index contributed by atoms with van der Waals surface area (Å²) in [6.07, 6.45) is 7.28. The van der Waals surface area contributed by atoms with Gasteiger partial charge in [0.05, 0.1) is 5.56 Å². The lowest BCUT2D eigenvalue weighted by molar-refractivity contribution is -0.127. The van der Waals surface area contributed by atoms with E-state index >= 15 is 0 Å². The first-order valence-corrected chi connectivity index (χ1v) is 9.84. The van der Waals surface area contributed by atoms with E-state index < -0.39 is 5.54 Å². The summed E-state index contributed by atoms with van der Waals surface area (Å²) in [6.45, 7) is 9.06. The molecule has 8 heteroatoms. The Hall–Kier alpha value is -2.77. The summed E-state index contributed by atoms with van der Waals surface area (Å²) in [5, 5.41) is 7.18. The van der Waals surface area contributed by atoms with Crippen LogP contribution in [0.3, 0.4) is 0 Å². The second-order valence-electron chi connectivity index (χ2n) is 7.68. The molecular formula is C20H28N6O2. The SMILES string of the molecule is CCn1ccc(NC(=O)[C@@]2(C)CCCCN2C(=O)c2cnc(C(C)C)nc2)n1. The van der Waals surface area contributed by atoms with Crippen molar-refractivity contribution in [2.24, 2.45) is 0 Å². The quantitative estimate of drug-likeness (QED) is 0.856. The third-order valence-corrected chi connectivity index (χ3v) is 5.27. The van der Waals surface area contributed by atoms with Crippen LogP contribution < -0.4 is 5.32 Å². The molecule has 1 fully saturated rings. The Labute approximate surface area is 165 Å². The van der Waals surface area contributed by atoms with Gasteiger partial charge < -0.3 is 10.2 Å². The van der Waals surface area contributed by atoms with Gasteiger partial charge in [-0.05, 0) is 33.1 Å². The van der Waals surface area contributed by atoms with Crippen molar-refractivity contribution < 1.29 is 9.59 Å². The summed E-state index contributed by atoms with van der Waals surface area (Å²) in [6, 6.07) is 1.76. The van der Waals surface area contributed by atoms with E-state index in [2.05, 4.69) is 20.4 Å². The van der Waals surface area contributed by atoms with Gasteiger partial charge in [-0.15, -0.1) is 0 Å². The number of aryl methyl sites for hydroxylation is 1. The third-order valence-electron chi connectivity index (χ3n) is 5.27. The molecule has 0 aliphatic carbocycles. The molecule has 1 aliphatic heterocycles. The van der Waals surface area contributed by atoms with Crippen LogP contribution in [0.15, 0.2) is 24.7 Å². The molecule has 1 N–H and O–H groups in total. The molecule has 1 atom stereocenters. The second kappa shape index (κ2) is 8.08. The number of aromatic nitrogens is 4. The van der Waals surface area contributed by atoms with Gasteiger partial charge in [-0.2, -0.15) is 5.10 Å². The predicted molar refractivity (Wildman–Crippen MR) is 106 cm³/mol. The Morgan fingerprint density at radius 2 is 1.96 bits per heavy atom.